The first kappa shape index (κ1) is 13.1. The Morgan fingerprint density at radius 1 is 1.11 bits per heavy atom. The van der Waals surface area contributed by atoms with Gasteiger partial charge in [0.05, 0.1) is 6.04 Å². The summed E-state index contributed by atoms with van der Waals surface area (Å²) >= 11 is 0. The van der Waals surface area contributed by atoms with Crippen LogP contribution in [0, 0.1) is 5.82 Å². The van der Waals surface area contributed by atoms with Gasteiger partial charge in [0.15, 0.2) is 0 Å². The molecule has 0 heterocycles. The van der Waals surface area contributed by atoms with Crippen molar-refractivity contribution in [3.05, 3.63) is 65.5 Å². The molecule has 0 aliphatic rings. The summed E-state index contributed by atoms with van der Waals surface area (Å²) < 4.78 is 12.8. The topological polar surface area (TPSA) is 55.1 Å². The highest BCUT2D eigenvalue weighted by Crippen LogP contribution is 2.14. The van der Waals surface area contributed by atoms with E-state index in [0.29, 0.717) is 11.3 Å². The highest BCUT2D eigenvalue weighted by molar-refractivity contribution is 5.94. The SMILES string of the molecule is C[C@@H](NC(=O)c1ccc(N)cc1)c1ccc(F)cc1. The van der Waals surface area contributed by atoms with Crippen LogP contribution in [0.5, 0.6) is 0 Å². The molecule has 0 unspecified atom stereocenters. The fourth-order valence-corrected chi connectivity index (χ4v) is 1.75. The van der Waals surface area contributed by atoms with Crippen molar-refractivity contribution >= 4 is 11.6 Å². The van der Waals surface area contributed by atoms with Crippen LogP contribution >= 0.6 is 0 Å². The van der Waals surface area contributed by atoms with E-state index < -0.39 is 0 Å². The highest BCUT2D eigenvalue weighted by Gasteiger charge is 2.11. The zero-order valence-electron chi connectivity index (χ0n) is 10.6. The predicted octanol–water partition coefficient (Wildman–Crippen LogP) is 2.90. The molecule has 3 N–H and O–H groups in total. The summed E-state index contributed by atoms with van der Waals surface area (Å²) in [4.78, 5) is 12.0. The number of halogens is 1. The molecule has 3 nitrogen and oxygen atoms in total. The van der Waals surface area contributed by atoms with Crippen LogP contribution in [0.1, 0.15) is 28.9 Å². The Bertz CT molecular complexity index is 564. The van der Waals surface area contributed by atoms with E-state index in [9.17, 15) is 9.18 Å². The largest absolute Gasteiger partial charge is 0.399 e. The normalized spacial score (nSPS) is 11.9. The average Bonchev–Trinajstić information content (AvgIpc) is 2.40. The van der Waals surface area contributed by atoms with Gasteiger partial charge in [0.1, 0.15) is 5.82 Å². The highest BCUT2D eigenvalue weighted by atomic mass is 19.1. The molecule has 0 radical (unpaired) electrons. The molecule has 0 aliphatic carbocycles. The quantitative estimate of drug-likeness (QED) is 0.832. The van der Waals surface area contributed by atoms with E-state index in [1.165, 1.54) is 12.1 Å². The molecule has 0 bridgehead atoms. The molecule has 2 rings (SSSR count). The van der Waals surface area contributed by atoms with E-state index in [1.54, 1.807) is 36.4 Å². The van der Waals surface area contributed by atoms with Crippen LogP contribution in [0.25, 0.3) is 0 Å². The first-order chi connectivity index (χ1) is 9.06. The van der Waals surface area contributed by atoms with Gasteiger partial charge in [0.2, 0.25) is 0 Å². The standard InChI is InChI=1S/C15H15FN2O/c1-10(11-2-6-13(16)7-3-11)18-15(19)12-4-8-14(17)9-5-12/h2-10H,17H2,1H3,(H,18,19)/t10-/m1/s1. The molecule has 0 aliphatic heterocycles. The minimum atomic E-state index is -0.291. The number of anilines is 1. The van der Waals surface area contributed by atoms with Crippen molar-refractivity contribution in [1.82, 2.24) is 5.32 Å². The van der Waals surface area contributed by atoms with Crippen LogP contribution in [0.2, 0.25) is 0 Å². The van der Waals surface area contributed by atoms with E-state index in [-0.39, 0.29) is 17.8 Å². The number of carbonyl (C=O) groups is 1. The third-order valence-corrected chi connectivity index (χ3v) is 2.89. The van der Waals surface area contributed by atoms with Crippen molar-refractivity contribution in [3.8, 4) is 0 Å². The lowest BCUT2D eigenvalue weighted by atomic mass is 10.1. The van der Waals surface area contributed by atoms with Crippen LogP contribution in [0.3, 0.4) is 0 Å². The lowest BCUT2D eigenvalue weighted by Gasteiger charge is -2.14. The molecule has 4 heteroatoms. The molecular weight excluding hydrogens is 243 g/mol. The zero-order chi connectivity index (χ0) is 13.8. The first-order valence-electron chi connectivity index (χ1n) is 5.98. The van der Waals surface area contributed by atoms with Crippen molar-refractivity contribution in [2.24, 2.45) is 0 Å². The van der Waals surface area contributed by atoms with E-state index in [2.05, 4.69) is 5.32 Å². The minimum Gasteiger partial charge on any atom is -0.399 e. The second-order valence-corrected chi connectivity index (χ2v) is 4.37. The van der Waals surface area contributed by atoms with E-state index in [0.717, 1.165) is 5.56 Å². The number of nitrogen functional groups attached to an aromatic ring is 1. The summed E-state index contributed by atoms with van der Waals surface area (Å²) in [5.74, 6) is -0.474. The smallest absolute Gasteiger partial charge is 0.251 e. The lowest BCUT2D eigenvalue weighted by molar-refractivity contribution is 0.0940. The molecule has 0 aromatic heterocycles. The summed E-state index contributed by atoms with van der Waals surface area (Å²) in [6.45, 7) is 1.85. The Labute approximate surface area is 111 Å². The Morgan fingerprint density at radius 2 is 1.68 bits per heavy atom. The Balaban J connectivity index is 2.06. The van der Waals surface area contributed by atoms with E-state index in [4.69, 9.17) is 5.73 Å². The summed E-state index contributed by atoms with van der Waals surface area (Å²) in [5.41, 5.74) is 7.58. The summed E-state index contributed by atoms with van der Waals surface area (Å²) in [7, 11) is 0. The molecule has 0 spiro atoms. The maximum absolute atomic E-state index is 12.8. The van der Waals surface area contributed by atoms with Crippen LogP contribution < -0.4 is 11.1 Å². The third-order valence-electron chi connectivity index (χ3n) is 2.89. The van der Waals surface area contributed by atoms with Gasteiger partial charge in [-0.15, -0.1) is 0 Å². The minimum absolute atomic E-state index is 0.183. The van der Waals surface area contributed by atoms with Gasteiger partial charge in [0, 0.05) is 11.3 Å². The number of nitrogens with one attached hydrogen (secondary N) is 1. The first-order valence-corrected chi connectivity index (χ1v) is 5.98. The molecule has 1 atom stereocenters. The van der Waals surface area contributed by atoms with Crippen LogP contribution in [0.4, 0.5) is 10.1 Å². The number of carbonyl (C=O) groups excluding carboxylic acids is 1. The van der Waals surface area contributed by atoms with E-state index >= 15 is 0 Å². The van der Waals surface area contributed by atoms with Crippen LogP contribution in [-0.4, -0.2) is 5.91 Å². The molecule has 2 aromatic rings. The molecule has 19 heavy (non-hydrogen) atoms. The van der Waals surface area contributed by atoms with Gasteiger partial charge in [-0.25, -0.2) is 4.39 Å². The van der Waals surface area contributed by atoms with E-state index in [1.807, 2.05) is 6.92 Å². The maximum Gasteiger partial charge on any atom is 0.251 e. The Morgan fingerprint density at radius 3 is 2.26 bits per heavy atom. The van der Waals surface area contributed by atoms with Gasteiger partial charge >= 0.3 is 0 Å². The van der Waals surface area contributed by atoms with Crippen LogP contribution in [0.15, 0.2) is 48.5 Å². The van der Waals surface area contributed by atoms with Crippen molar-refractivity contribution in [2.75, 3.05) is 5.73 Å². The number of hydrogen-bond acceptors (Lipinski definition) is 2. The van der Waals surface area contributed by atoms with Gasteiger partial charge in [-0.3, -0.25) is 4.79 Å². The van der Waals surface area contributed by atoms with Gasteiger partial charge in [0.25, 0.3) is 5.91 Å². The number of hydrogen-bond donors (Lipinski definition) is 2. The van der Waals surface area contributed by atoms with Gasteiger partial charge < -0.3 is 11.1 Å². The molecule has 1 amide bonds. The molecule has 98 valence electrons. The molecule has 0 saturated heterocycles. The molecule has 0 fully saturated rings. The van der Waals surface area contributed by atoms with Crippen LogP contribution in [-0.2, 0) is 0 Å². The number of nitrogens with two attached hydrogens (primary N) is 1. The number of amides is 1. The fourth-order valence-electron chi connectivity index (χ4n) is 1.75. The van der Waals surface area contributed by atoms with Crippen molar-refractivity contribution in [1.29, 1.82) is 0 Å². The molecule has 2 aromatic carbocycles. The third kappa shape index (κ3) is 3.31. The summed E-state index contributed by atoms with van der Waals surface area (Å²) in [6.07, 6.45) is 0. The van der Waals surface area contributed by atoms with Gasteiger partial charge in [-0.2, -0.15) is 0 Å². The number of rotatable bonds is 3. The van der Waals surface area contributed by atoms with Crippen molar-refractivity contribution in [3.63, 3.8) is 0 Å². The predicted molar refractivity (Wildman–Crippen MR) is 73.1 cm³/mol. The van der Waals surface area contributed by atoms with Crippen molar-refractivity contribution < 1.29 is 9.18 Å². The Hall–Kier alpha value is -2.36. The second kappa shape index (κ2) is 5.52. The monoisotopic (exact) mass is 258 g/mol. The van der Waals surface area contributed by atoms with Crippen molar-refractivity contribution in [2.45, 2.75) is 13.0 Å². The summed E-state index contributed by atoms with van der Waals surface area (Å²) in [5, 5.41) is 2.85. The average molecular weight is 258 g/mol. The maximum atomic E-state index is 12.8. The second-order valence-electron chi connectivity index (χ2n) is 4.37. The van der Waals surface area contributed by atoms with Gasteiger partial charge in [-0.05, 0) is 48.9 Å². The van der Waals surface area contributed by atoms with Gasteiger partial charge in [-0.1, -0.05) is 12.1 Å². The lowest BCUT2D eigenvalue weighted by Crippen LogP contribution is -2.26. The zero-order valence-corrected chi connectivity index (χ0v) is 10.6. The molecule has 0 saturated carbocycles. The fraction of sp³-hybridized carbons (Fsp3) is 0.133. The molecular formula is C15H15FN2O. The summed E-state index contributed by atoms with van der Waals surface area (Å²) in [6, 6.07) is 12.6. The Kier molecular flexibility index (Phi) is 3.80. The number of benzene rings is 2.